The van der Waals surface area contributed by atoms with E-state index in [9.17, 15) is 4.79 Å². The summed E-state index contributed by atoms with van der Waals surface area (Å²) < 4.78 is 28.4. The van der Waals surface area contributed by atoms with E-state index >= 15 is 0 Å². The number of carbonyl (C=O) groups is 1. The van der Waals surface area contributed by atoms with Crippen molar-refractivity contribution in [3.05, 3.63) is 46.0 Å². The highest BCUT2D eigenvalue weighted by Crippen LogP contribution is 2.54. The Balaban J connectivity index is 1.39. The molecule has 3 atom stereocenters. The molecule has 2 aromatic rings. The number of benzene rings is 1. The van der Waals surface area contributed by atoms with Gasteiger partial charge in [-0.05, 0) is 19.8 Å². The Morgan fingerprint density at radius 3 is 2.53 bits per heavy atom. The van der Waals surface area contributed by atoms with Gasteiger partial charge < -0.3 is 28.3 Å². The lowest BCUT2D eigenvalue weighted by Crippen LogP contribution is -2.51. The molecule has 0 saturated heterocycles. The maximum absolute atomic E-state index is 13.9. The Labute approximate surface area is 227 Å². The van der Waals surface area contributed by atoms with Crippen molar-refractivity contribution in [2.75, 3.05) is 21.3 Å². The number of oxime groups is 1. The van der Waals surface area contributed by atoms with Crippen molar-refractivity contribution in [3.63, 3.8) is 0 Å². The van der Waals surface area contributed by atoms with Crippen LogP contribution in [0.25, 0.3) is 0 Å². The van der Waals surface area contributed by atoms with E-state index in [1.165, 1.54) is 40.6 Å². The smallest absolute Gasteiger partial charge is 0.231 e. The van der Waals surface area contributed by atoms with Gasteiger partial charge in [-0.3, -0.25) is 4.79 Å². The van der Waals surface area contributed by atoms with Crippen molar-refractivity contribution in [2.45, 2.75) is 70.0 Å². The third kappa shape index (κ3) is 4.30. The van der Waals surface area contributed by atoms with Crippen molar-refractivity contribution in [3.8, 4) is 17.2 Å². The van der Waals surface area contributed by atoms with Gasteiger partial charge in [-0.15, -0.1) is 0 Å². The molecule has 1 aromatic carbocycles. The van der Waals surface area contributed by atoms with Gasteiger partial charge in [0.25, 0.3) is 0 Å². The molecule has 0 bridgehead atoms. The number of hydrogen-bond donors (Lipinski definition) is 0. The van der Waals surface area contributed by atoms with Crippen molar-refractivity contribution in [1.82, 2.24) is 5.16 Å². The third-order valence-electron chi connectivity index (χ3n) is 7.81. The summed E-state index contributed by atoms with van der Waals surface area (Å²) in [5, 5.41) is 8.86. The van der Waals surface area contributed by atoms with E-state index in [0.29, 0.717) is 41.1 Å². The Morgan fingerprint density at radius 1 is 1.11 bits per heavy atom. The molecule has 1 aliphatic heterocycles. The molecule has 1 saturated carbocycles. The van der Waals surface area contributed by atoms with Crippen LogP contribution >= 0.6 is 11.6 Å². The van der Waals surface area contributed by atoms with Crippen LogP contribution in [0, 0.1) is 5.92 Å². The fourth-order valence-electron chi connectivity index (χ4n) is 5.66. The molecule has 1 spiro atoms. The molecule has 0 radical (unpaired) electrons. The summed E-state index contributed by atoms with van der Waals surface area (Å²) in [7, 11) is 4.46. The maximum Gasteiger partial charge on any atom is 0.231 e. The van der Waals surface area contributed by atoms with Crippen LogP contribution in [0.2, 0.25) is 5.02 Å². The summed E-state index contributed by atoms with van der Waals surface area (Å²) >= 11 is 6.54. The first kappa shape index (κ1) is 26.4. The summed E-state index contributed by atoms with van der Waals surface area (Å²) in [6.07, 6.45) is 7.68. The molecule has 204 valence electrons. The van der Waals surface area contributed by atoms with Crippen LogP contribution in [0.5, 0.6) is 17.2 Å². The van der Waals surface area contributed by atoms with Crippen molar-refractivity contribution in [1.29, 1.82) is 0 Å². The van der Waals surface area contributed by atoms with E-state index in [-0.39, 0.29) is 28.0 Å². The van der Waals surface area contributed by atoms with Crippen molar-refractivity contribution >= 4 is 23.1 Å². The van der Waals surface area contributed by atoms with Gasteiger partial charge in [0.15, 0.2) is 17.6 Å². The molecule has 9 nitrogen and oxygen atoms in total. The predicted octanol–water partition coefficient (Wildman–Crippen LogP) is 6.41. The highest BCUT2D eigenvalue weighted by Gasteiger charge is 2.59. The number of rotatable bonds is 7. The monoisotopic (exact) mass is 544 g/mol. The molecule has 0 amide bonds. The van der Waals surface area contributed by atoms with E-state index in [0.717, 1.165) is 18.5 Å². The Hall–Kier alpha value is -3.20. The zero-order valence-electron chi connectivity index (χ0n) is 22.3. The van der Waals surface area contributed by atoms with E-state index in [4.69, 9.17) is 39.9 Å². The van der Waals surface area contributed by atoms with Gasteiger partial charge in [0.1, 0.15) is 27.8 Å². The quantitative estimate of drug-likeness (QED) is 0.368. The number of ketones is 1. The lowest BCUT2D eigenvalue weighted by atomic mass is 9.75. The predicted molar refractivity (Wildman–Crippen MR) is 140 cm³/mol. The summed E-state index contributed by atoms with van der Waals surface area (Å²) in [6, 6.07) is 3.56. The number of fused-ring (bicyclic) bond motifs is 1. The van der Waals surface area contributed by atoms with E-state index in [1.54, 1.807) is 12.1 Å². The molecule has 0 N–H and O–H groups in total. The summed E-state index contributed by atoms with van der Waals surface area (Å²) in [5.74, 6) is 1.63. The molecule has 10 heteroatoms. The molecular formula is C28H33ClN2O7. The van der Waals surface area contributed by atoms with E-state index in [1.807, 2.05) is 19.9 Å². The fraction of sp³-hybridized carbons (Fsp3) is 0.536. The van der Waals surface area contributed by atoms with Crippen LogP contribution < -0.4 is 14.2 Å². The SMILES string of the molecule is COC1=C/C(=N/O[C@@H](C)c2cc(C3CCCCC3)no2)C[C@@H](C)[C@]12Oc1c(Cl)c(OC)cc(OC)c1C2=O. The summed E-state index contributed by atoms with van der Waals surface area (Å²) in [6.45, 7) is 3.77. The van der Waals surface area contributed by atoms with Crippen molar-refractivity contribution < 1.29 is 33.1 Å². The van der Waals surface area contributed by atoms with Gasteiger partial charge in [-0.25, -0.2) is 0 Å². The highest BCUT2D eigenvalue weighted by molar-refractivity contribution is 6.35. The molecule has 1 fully saturated rings. The standard InChI is InChI=1S/C28H33ClN2O7/c1-15-11-18(30-37-16(2)20-13-19(31-38-20)17-9-7-6-8-10-17)12-23(35-5)28(15)27(32)24-21(33-3)14-22(34-4)25(29)26(24)36-28/h12-17H,6-11H2,1-5H3/b30-18+/t15-,16+,28+/m1/s1. The molecule has 0 unspecified atom stereocenters. The van der Waals surface area contributed by atoms with Crippen LogP contribution in [0.4, 0.5) is 0 Å². The second-order valence-electron chi connectivity index (χ2n) is 10.1. The lowest BCUT2D eigenvalue weighted by molar-refractivity contribution is 0.0187. The van der Waals surface area contributed by atoms with Gasteiger partial charge in [0, 0.05) is 36.5 Å². The molecule has 3 aliphatic rings. The zero-order valence-corrected chi connectivity index (χ0v) is 23.1. The number of aromatic nitrogens is 1. The van der Waals surface area contributed by atoms with Gasteiger partial charge in [-0.1, -0.05) is 48.1 Å². The first-order valence-corrected chi connectivity index (χ1v) is 13.3. The summed E-state index contributed by atoms with van der Waals surface area (Å²) in [4.78, 5) is 19.7. The molecule has 2 heterocycles. The average molecular weight is 545 g/mol. The number of allylic oxidation sites excluding steroid dienone is 1. The van der Waals surface area contributed by atoms with Crippen LogP contribution in [0.1, 0.15) is 86.2 Å². The first-order valence-electron chi connectivity index (χ1n) is 13.0. The minimum atomic E-state index is -1.41. The number of nitrogens with zero attached hydrogens (tertiary/aromatic N) is 2. The van der Waals surface area contributed by atoms with Crippen LogP contribution in [-0.4, -0.2) is 43.6 Å². The third-order valence-corrected chi connectivity index (χ3v) is 8.17. The maximum atomic E-state index is 13.9. The minimum absolute atomic E-state index is 0.201. The average Bonchev–Trinajstić information content (AvgIpc) is 3.55. The van der Waals surface area contributed by atoms with Crippen LogP contribution in [0.15, 0.2) is 33.6 Å². The zero-order chi connectivity index (χ0) is 27.0. The number of Topliss-reactive ketones (excluding diaryl/α,β-unsaturated/α-hetero) is 1. The molecule has 1 aromatic heterocycles. The number of ether oxygens (including phenoxy) is 4. The minimum Gasteiger partial charge on any atom is -0.496 e. The lowest BCUT2D eigenvalue weighted by Gasteiger charge is -2.37. The molecule has 5 rings (SSSR count). The van der Waals surface area contributed by atoms with Gasteiger partial charge >= 0.3 is 0 Å². The van der Waals surface area contributed by atoms with E-state index < -0.39 is 11.7 Å². The fourth-order valence-corrected chi connectivity index (χ4v) is 5.93. The van der Waals surface area contributed by atoms with Crippen LogP contribution in [-0.2, 0) is 9.57 Å². The molecule has 2 aliphatic carbocycles. The van der Waals surface area contributed by atoms with E-state index in [2.05, 4.69) is 10.3 Å². The number of methoxy groups -OCH3 is 3. The molecular weight excluding hydrogens is 512 g/mol. The number of carbonyl (C=O) groups excluding carboxylic acids is 1. The molecule has 38 heavy (non-hydrogen) atoms. The topological polar surface area (TPSA) is 102 Å². The Morgan fingerprint density at radius 2 is 1.84 bits per heavy atom. The van der Waals surface area contributed by atoms with Crippen LogP contribution in [0.3, 0.4) is 0 Å². The van der Waals surface area contributed by atoms with Gasteiger partial charge in [0.05, 0.1) is 32.7 Å². The Kier molecular flexibility index (Phi) is 7.31. The Bertz CT molecular complexity index is 1280. The highest BCUT2D eigenvalue weighted by atomic mass is 35.5. The largest absolute Gasteiger partial charge is 0.496 e. The number of hydrogen-bond acceptors (Lipinski definition) is 9. The second-order valence-corrected chi connectivity index (χ2v) is 10.5. The number of halogens is 1. The second kappa shape index (κ2) is 10.5. The summed E-state index contributed by atoms with van der Waals surface area (Å²) in [5.41, 5.74) is 0.448. The first-order chi connectivity index (χ1) is 18.3. The van der Waals surface area contributed by atoms with Crippen molar-refractivity contribution in [2.24, 2.45) is 11.1 Å². The van der Waals surface area contributed by atoms with Gasteiger partial charge in [-0.2, -0.15) is 0 Å². The normalized spacial score (nSPS) is 25.1. The van der Waals surface area contributed by atoms with Gasteiger partial charge in [0.2, 0.25) is 11.4 Å².